The van der Waals surface area contributed by atoms with Gasteiger partial charge in [-0.15, -0.1) is 0 Å². The summed E-state index contributed by atoms with van der Waals surface area (Å²) in [6.45, 7) is 4.48. The fourth-order valence-electron chi connectivity index (χ4n) is 4.53. The number of carbonyl (C=O) groups excluding carboxylic acids is 2. The van der Waals surface area contributed by atoms with Crippen molar-refractivity contribution >= 4 is 27.5 Å². The lowest BCUT2D eigenvalue weighted by atomic mass is 10.0. The molecule has 0 spiro atoms. The van der Waals surface area contributed by atoms with Crippen LogP contribution in [0.3, 0.4) is 0 Å². The molecule has 0 heterocycles. The first-order valence-corrected chi connectivity index (χ1v) is 15.4. The number of hydrogen-bond acceptors (Lipinski definition) is 4. The molecule has 0 saturated heterocycles. The maximum Gasteiger partial charge on any atom is 0.243 e. The second-order valence-corrected chi connectivity index (χ2v) is 11.6. The topological polar surface area (TPSA) is 86.8 Å². The molecule has 3 aromatic rings. The highest BCUT2D eigenvalue weighted by atomic mass is 32.2. The molecule has 1 atom stereocenters. The molecule has 214 valence electrons. The molecule has 0 aromatic heterocycles. The van der Waals surface area contributed by atoms with Gasteiger partial charge in [0.15, 0.2) is 0 Å². The van der Waals surface area contributed by atoms with E-state index in [1.165, 1.54) is 21.3 Å². The van der Waals surface area contributed by atoms with E-state index in [9.17, 15) is 22.4 Å². The van der Waals surface area contributed by atoms with Crippen LogP contribution in [0, 0.1) is 5.82 Å². The molecule has 0 bridgehead atoms. The average Bonchev–Trinajstić information content (AvgIpc) is 2.94. The number of benzene rings is 3. The summed E-state index contributed by atoms with van der Waals surface area (Å²) in [6.07, 6.45) is 2.58. The SMILES string of the molecule is CCNC(=O)[C@@H](Cc1ccccc1)N(Cc1ccc(F)cc1)C(=O)CCCN(c1ccc(CC)cc1)S(C)(=O)=O. The standard InChI is InChI=1S/C31H38FN3O4S/c1-4-24-15-19-28(20-16-24)35(40(3,38)39)21-9-12-30(36)34(23-26-13-17-27(32)18-14-26)29(31(37)33-5-2)22-25-10-7-6-8-11-25/h6-8,10-11,13-20,29H,4-5,9,12,21-23H2,1-3H3,(H,33,37)/t29-/m1/s1. The Morgan fingerprint density at radius 1 is 0.875 bits per heavy atom. The van der Waals surface area contributed by atoms with Gasteiger partial charge in [-0.2, -0.15) is 0 Å². The Hall–Kier alpha value is -3.72. The third kappa shape index (κ3) is 8.91. The molecule has 0 saturated carbocycles. The van der Waals surface area contributed by atoms with Crippen LogP contribution in [0.25, 0.3) is 0 Å². The fraction of sp³-hybridized carbons (Fsp3) is 0.355. The number of rotatable bonds is 14. The van der Waals surface area contributed by atoms with Crippen LogP contribution >= 0.6 is 0 Å². The molecular formula is C31H38FN3O4S. The van der Waals surface area contributed by atoms with Crippen LogP contribution in [0.1, 0.15) is 43.4 Å². The summed E-state index contributed by atoms with van der Waals surface area (Å²) in [4.78, 5) is 28.5. The van der Waals surface area contributed by atoms with Crippen LogP contribution in [0.2, 0.25) is 0 Å². The summed E-state index contributed by atoms with van der Waals surface area (Å²) in [6, 6.07) is 21.8. The van der Waals surface area contributed by atoms with E-state index in [0.717, 1.165) is 23.8 Å². The van der Waals surface area contributed by atoms with Gasteiger partial charge in [-0.25, -0.2) is 12.8 Å². The van der Waals surface area contributed by atoms with Gasteiger partial charge in [0.05, 0.1) is 11.9 Å². The molecule has 3 aromatic carbocycles. The van der Waals surface area contributed by atoms with E-state index in [0.29, 0.717) is 24.2 Å². The maximum absolute atomic E-state index is 13.7. The average molecular weight is 568 g/mol. The number of sulfonamides is 1. The third-order valence-corrected chi connectivity index (χ3v) is 7.87. The minimum atomic E-state index is -3.58. The second-order valence-electron chi connectivity index (χ2n) is 9.71. The highest BCUT2D eigenvalue weighted by Crippen LogP contribution is 2.21. The molecule has 0 unspecified atom stereocenters. The highest BCUT2D eigenvalue weighted by Gasteiger charge is 2.30. The smallest absolute Gasteiger partial charge is 0.243 e. The van der Waals surface area contributed by atoms with E-state index in [1.54, 1.807) is 24.3 Å². The van der Waals surface area contributed by atoms with Gasteiger partial charge in [-0.05, 0) is 60.7 Å². The van der Waals surface area contributed by atoms with Crippen molar-refractivity contribution in [3.05, 3.63) is 101 Å². The van der Waals surface area contributed by atoms with E-state index in [4.69, 9.17) is 0 Å². The van der Waals surface area contributed by atoms with E-state index in [1.807, 2.05) is 56.3 Å². The number of nitrogens with zero attached hydrogens (tertiary/aromatic N) is 2. The van der Waals surface area contributed by atoms with Gasteiger partial charge < -0.3 is 10.2 Å². The summed E-state index contributed by atoms with van der Waals surface area (Å²) >= 11 is 0. The third-order valence-electron chi connectivity index (χ3n) is 6.67. The predicted molar refractivity (Wildman–Crippen MR) is 157 cm³/mol. The first-order valence-electron chi connectivity index (χ1n) is 13.5. The number of carbonyl (C=O) groups is 2. The van der Waals surface area contributed by atoms with Crippen LogP contribution in [-0.4, -0.2) is 50.5 Å². The predicted octanol–water partition coefficient (Wildman–Crippen LogP) is 4.71. The summed E-state index contributed by atoms with van der Waals surface area (Å²) in [5.41, 5.74) is 3.22. The molecule has 1 N–H and O–H groups in total. The Kier molecular flexibility index (Phi) is 11.3. The van der Waals surface area contributed by atoms with Crippen molar-refractivity contribution in [3.8, 4) is 0 Å². The number of aryl methyl sites for hydroxylation is 1. The van der Waals surface area contributed by atoms with Crippen LogP contribution in [0.15, 0.2) is 78.9 Å². The molecule has 9 heteroatoms. The Morgan fingerprint density at radius 2 is 1.50 bits per heavy atom. The van der Waals surface area contributed by atoms with Crippen LogP contribution in [0.5, 0.6) is 0 Å². The zero-order valence-electron chi connectivity index (χ0n) is 23.3. The molecule has 0 aliphatic heterocycles. The first-order chi connectivity index (χ1) is 19.1. The number of hydrogen-bond donors (Lipinski definition) is 1. The number of halogens is 1. The molecule has 2 amide bonds. The Labute approximate surface area is 237 Å². The number of likely N-dealkylation sites (N-methyl/N-ethyl adjacent to an activating group) is 1. The van der Waals surface area contributed by atoms with Crippen molar-refractivity contribution in [2.75, 3.05) is 23.7 Å². The first kappa shape index (κ1) is 30.8. The van der Waals surface area contributed by atoms with E-state index < -0.39 is 16.1 Å². The number of anilines is 1. The van der Waals surface area contributed by atoms with Crippen molar-refractivity contribution in [1.29, 1.82) is 0 Å². The van der Waals surface area contributed by atoms with Gasteiger partial charge >= 0.3 is 0 Å². The van der Waals surface area contributed by atoms with Crippen molar-refractivity contribution in [2.45, 2.75) is 52.1 Å². The molecular weight excluding hydrogens is 529 g/mol. The van der Waals surface area contributed by atoms with E-state index in [2.05, 4.69) is 5.32 Å². The molecule has 3 rings (SSSR count). The lowest BCUT2D eigenvalue weighted by Crippen LogP contribution is -2.50. The minimum Gasteiger partial charge on any atom is -0.355 e. The van der Waals surface area contributed by atoms with Crippen LogP contribution in [-0.2, 0) is 39.0 Å². The number of nitrogens with one attached hydrogen (secondary N) is 1. The normalized spacial score (nSPS) is 12.0. The summed E-state index contributed by atoms with van der Waals surface area (Å²) in [7, 11) is -3.58. The minimum absolute atomic E-state index is 0.0327. The largest absolute Gasteiger partial charge is 0.355 e. The highest BCUT2D eigenvalue weighted by molar-refractivity contribution is 7.92. The lowest BCUT2D eigenvalue weighted by Gasteiger charge is -2.32. The van der Waals surface area contributed by atoms with E-state index >= 15 is 0 Å². The quantitative estimate of drug-likeness (QED) is 0.306. The van der Waals surface area contributed by atoms with E-state index in [-0.39, 0.29) is 43.6 Å². The Balaban J connectivity index is 1.84. The lowest BCUT2D eigenvalue weighted by molar-refractivity contribution is -0.141. The molecule has 40 heavy (non-hydrogen) atoms. The monoisotopic (exact) mass is 567 g/mol. The number of amides is 2. The summed E-state index contributed by atoms with van der Waals surface area (Å²) in [5.74, 6) is -0.957. The molecule has 0 aliphatic rings. The van der Waals surface area contributed by atoms with Gasteiger partial charge in [0.1, 0.15) is 11.9 Å². The van der Waals surface area contributed by atoms with Gasteiger partial charge in [0.25, 0.3) is 0 Å². The fourth-order valence-corrected chi connectivity index (χ4v) is 5.50. The maximum atomic E-state index is 13.7. The van der Waals surface area contributed by atoms with Gasteiger partial charge in [0.2, 0.25) is 21.8 Å². The second kappa shape index (κ2) is 14.6. The zero-order chi connectivity index (χ0) is 29.1. The summed E-state index contributed by atoms with van der Waals surface area (Å²) < 4.78 is 40.0. The van der Waals surface area contributed by atoms with Gasteiger partial charge in [-0.1, -0.05) is 61.5 Å². The van der Waals surface area contributed by atoms with Crippen LogP contribution < -0.4 is 9.62 Å². The van der Waals surface area contributed by atoms with Gasteiger partial charge in [0, 0.05) is 32.5 Å². The molecule has 0 aliphatic carbocycles. The van der Waals surface area contributed by atoms with Crippen molar-refractivity contribution in [1.82, 2.24) is 10.2 Å². The van der Waals surface area contributed by atoms with Crippen molar-refractivity contribution < 1.29 is 22.4 Å². The summed E-state index contributed by atoms with van der Waals surface area (Å²) in [5, 5.41) is 2.84. The van der Waals surface area contributed by atoms with Crippen molar-refractivity contribution in [3.63, 3.8) is 0 Å². The van der Waals surface area contributed by atoms with Gasteiger partial charge in [-0.3, -0.25) is 13.9 Å². The molecule has 0 fully saturated rings. The van der Waals surface area contributed by atoms with Crippen LogP contribution in [0.4, 0.5) is 10.1 Å². The zero-order valence-corrected chi connectivity index (χ0v) is 24.2. The Morgan fingerprint density at radius 3 is 2.08 bits per heavy atom. The Bertz CT molecular complexity index is 1350. The molecule has 7 nitrogen and oxygen atoms in total. The van der Waals surface area contributed by atoms with Crippen molar-refractivity contribution in [2.24, 2.45) is 0 Å². The molecule has 0 radical (unpaired) electrons.